The number of amides is 1. The zero-order chi connectivity index (χ0) is 13.1. The molecule has 2 N–H and O–H groups in total. The van der Waals surface area contributed by atoms with Crippen LogP contribution in [0.25, 0.3) is 0 Å². The Morgan fingerprint density at radius 2 is 2.06 bits per heavy atom. The first-order valence-electron chi connectivity index (χ1n) is 6.30. The number of benzene rings is 1. The number of hydrogen-bond donors (Lipinski definition) is 1. The molecule has 18 heavy (non-hydrogen) atoms. The molecule has 0 aromatic heterocycles. The number of anilines is 1. The summed E-state index contributed by atoms with van der Waals surface area (Å²) < 4.78 is 5.39. The van der Waals surface area contributed by atoms with E-state index in [1.54, 1.807) is 7.11 Å². The highest BCUT2D eigenvalue weighted by Gasteiger charge is 2.24. The monoisotopic (exact) mass is 248 g/mol. The van der Waals surface area contributed by atoms with Crippen molar-refractivity contribution in [2.45, 2.75) is 19.8 Å². The van der Waals surface area contributed by atoms with E-state index < -0.39 is 0 Å². The predicted molar refractivity (Wildman–Crippen MR) is 71.9 cm³/mol. The Bertz CT molecular complexity index is 437. The first-order chi connectivity index (χ1) is 8.61. The summed E-state index contributed by atoms with van der Waals surface area (Å²) in [5.74, 6) is 0.737. The molecule has 1 fully saturated rings. The number of aryl methyl sites for hydroxylation is 1. The van der Waals surface area contributed by atoms with E-state index in [4.69, 9.17) is 10.5 Å². The van der Waals surface area contributed by atoms with Crippen molar-refractivity contribution in [3.63, 3.8) is 0 Å². The van der Waals surface area contributed by atoms with Gasteiger partial charge in [0.25, 0.3) is 0 Å². The lowest BCUT2D eigenvalue weighted by Gasteiger charge is -2.33. The van der Waals surface area contributed by atoms with Crippen LogP contribution in [0.4, 0.5) is 5.69 Å². The van der Waals surface area contributed by atoms with E-state index in [0.717, 1.165) is 37.4 Å². The fourth-order valence-corrected chi connectivity index (χ4v) is 2.45. The van der Waals surface area contributed by atoms with Gasteiger partial charge in [-0.05, 0) is 37.5 Å². The lowest BCUT2D eigenvalue weighted by molar-refractivity contribution is -0.122. The molecule has 0 atom stereocenters. The standard InChI is InChI=1S/C14H20N2O2/c1-10-3-4-13(18-2)12(9-10)16-7-5-11(6-8-16)14(15)17/h3-4,9,11H,5-8H2,1-2H3,(H2,15,17). The van der Waals surface area contributed by atoms with Crippen LogP contribution in [-0.4, -0.2) is 26.1 Å². The number of piperidine rings is 1. The summed E-state index contributed by atoms with van der Waals surface area (Å²) in [6, 6.07) is 6.16. The molecule has 0 unspecified atom stereocenters. The number of primary amides is 1. The largest absolute Gasteiger partial charge is 0.495 e. The Morgan fingerprint density at radius 1 is 1.39 bits per heavy atom. The quantitative estimate of drug-likeness (QED) is 0.886. The van der Waals surface area contributed by atoms with Gasteiger partial charge in [-0.2, -0.15) is 0 Å². The molecule has 1 aliphatic heterocycles. The normalized spacial score (nSPS) is 16.7. The van der Waals surface area contributed by atoms with Crippen molar-refractivity contribution in [3.05, 3.63) is 23.8 Å². The Hall–Kier alpha value is -1.71. The van der Waals surface area contributed by atoms with Gasteiger partial charge in [0.2, 0.25) is 5.91 Å². The van der Waals surface area contributed by atoms with Crippen LogP contribution >= 0.6 is 0 Å². The Kier molecular flexibility index (Phi) is 3.75. The fourth-order valence-electron chi connectivity index (χ4n) is 2.45. The summed E-state index contributed by atoms with van der Waals surface area (Å²) in [6.07, 6.45) is 1.65. The maximum atomic E-state index is 11.2. The molecule has 1 aliphatic rings. The zero-order valence-electron chi connectivity index (χ0n) is 11.0. The van der Waals surface area contributed by atoms with Crippen LogP contribution in [0.1, 0.15) is 18.4 Å². The molecule has 4 heteroatoms. The molecule has 1 saturated heterocycles. The predicted octanol–water partition coefficient (Wildman–Crippen LogP) is 1.71. The number of rotatable bonds is 3. The molecule has 1 aromatic rings. The highest BCUT2D eigenvalue weighted by atomic mass is 16.5. The summed E-state index contributed by atoms with van der Waals surface area (Å²) in [6.45, 7) is 3.78. The van der Waals surface area contributed by atoms with Crippen LogP contribution in [0.3, 0.4) is 0 Å². The van der Waals surface area contributed by atoms with Gasteiger partial charge >= 0.3 is 0 Å². The van der Waals surface area contributed by atoms with Crippen LogP contribution in [-0.2, 0) is 4.79 Å². The van der Waals surface area contributed by atoms with Crippen molar-refractivity contribution in [3.8, 4) is 5.75 Å². The van der Waals surface area contributed by atoms with Crippen molar-refractivity contribution in [1.82, 2.24) is 0 Å². The summed E-state index contributed by atoms with van der Waals surface area (Å²) in [7, 11) is 1.68. The number of nitrogens with two attached hydrogens (primary N) is 1. The van der Waals surface area contributed by atoms with Gasteiger partial charge in [0, 0.05) is 19.0 Å². The molecule has 0 aliphatic carbocycles. The second kappa shape index (κ2) is 5.29. The van der Waals surface area contributed by atoms with Crippen LogP contribution in [0, 0.1) is 12.8 Å². The Balaban J connectivity index is 2.14. The van der Waals surface area contributed by atoms with E-state index in [1.807, 2.05) is 12.1 Å². The van der Waals surface area contributed by atoms with Gasteiger partial charge in [-0.1, -0.05) is 6.07 Å². The van der Waals surface area contributed by atoms with Crippen LogP contribution in [0.5, 0.6) is 5.75 Å². The van der Waals surface area contributed by atoms with Crippen molar-refractivity contribution < 1.29 is 9.53 Å². The van der Waals surface area contributed by atoms with Gasteiger partial charge in [-0.3, -0.25) is 4.79 Å². The molecular formula is C14H20N2O2. The summed E-state index contributed by atoms with van der Waals surface area (Å²) in [4.78, 5) is 13.4. The van der Waals surface area contributed by atoms with Gasteiger partial charge in [-0.15, -0.1) is 0 Å². The summed E-state index contributed by atoms with van der Waals surface area (Å²) in [5, 5.41) is 0. The minimum Gasteiger partial charge on any atom is -0.495 e. The minimum atomic E-state index is -0.175. The van der Waals surface area contributed by atoms with Gasteiger partial charge in [0.05, 0.1) is 12.8 Å². The number of carbonyl (C=O) groups is 1. The smallest absolute Gasteiger partial charge is 0.220 e. The molecule has 0 radical (unpaired) electrons. The SMILES string of the molecule is COc1ccc(C)cc1N1CCC(C(N)=O)CC1. The molecule has 2 rings (SSSR count). The van der Waals surface area contributed by atoms with E-state index in [0.29, 0.717) is 0 Å². The van der Waals surface area contributed by atoms with Crippen LogP contribution < -0.4 is 15.4 Å². The average molecular weight is 248 g/mol. The molecule has 1 amide bonds. The first-order valence-corrected chi connectivity index (χ1v) is 6.30. The summed E-state index contributed by atoms with van der Waals surface area (Å²) in [5.41, 5.74) is 7.67. The van der Waals surface area contributed by atoms with Crippen LogP contribution in [0.15, 0.2) is 18.2 Å². The molecule has 0 bridgehead atoms. The molecule has 1 heterocycles. The molecule has 0 spiro atoms. The van der Waals surface area contributed by atoms with Crippen molar-refractivity contribution in [2.24, 2.45) is 11.7 Å². The van der Waals surface area contributed by atoms with E-state index in [9.17, 15) is 4.79 Å². The van der Waals surface area contributed by atoms with Gasteiger partial charge < -0.3 is 15.4 Å². The van der Waals surface area contributed by atoms with E-state index in [2.05, 4.69) is 17.9 Å². The second-order valence-corrected chi connectivity index (χ2v) is 4.84. The Morgan fingerprint density at radius 3 is 2.61 bits per heavy atom. The van der Waals surface area contributed by atoms with Gasteiger partial charge in [0.1, 0.15) is 5.75 Å². The second-order valence-electron chi connectivity index (χ2n) is 4.84. The highest BCUT2D eigenvalue weighted by Crippen LogP contribution is 2.32. The lowest BCUT2D eigenvalue weighted by atomic mass is 9.95. The molecular weight excluding hydrogens is 228 g/mol. The third kappa shape index (κ3) is 2.58. The number of nitrogens with zero attached hydrogens (tertiary/aromatic N) is 1. The fraction of sp³-hybridized carbons (Fsp3) is 0.500. The third-order valence-corrected chi connectivity index (χ3v) is 3.57. The number of hydrogen-bond acceptors (Lipinski definition) is 3. The van der Waals surface area contributed by atoms with E-state index in [-0.39, 0.29) is 11.8 Å². The van der Waals surface area contributed by atoms with Gasteiger partial charge in [0.15, 0.2) is 0 Å². The number of ether oxygens (including phenoxy) is 1. The molecule has 0 saturated carbocycles. The zero-order valence-corrected chi connectivity index (χ0v) is 11.0. The highest BCUT2D eigenvalue weighted by molar-refractivity contribution is 5.77. The molecule has 4 nitrogen and oxygen atoms in total. The van der Waals surface area contributed by atoms with E-state index in [1.165, 1.54) is 5.56 Å². The topological polar surface area (TPSA) is 55.6 Å². The lowest BCUT2D eigenvalue weighted by Crippen LogP contribution is -2.38. The average Bonchev–Trinajstić information content (AvgIpc) is 2.39. The first kappa shape index (κ1) is 12.7. The third-order valence-electron chi connectivity index (χ3n) is 3.57. The van der Waals surface area contributed by atoms with Crippen molar-refractivity contribution in [1.29, 1.82) is 0 Å². The van der Waals surface area contributed by atoms with Crippen molar-refractivity contribution >= 4 is 11.6 Å². The number of methoxy groups -OCH3 is 1. The van der Waals surface area contributed by atoms with E-state index >= 15 is 0 Å². The molecule has 1 aromatic carbocycles. The van der Waals surface area contributed by atoms with Crippen LogP contribution in [0.2, 0.25) is 0 Å². The molecule has 98 valence electrons. The maximum Gasteiger partial charge on any atom is 0.220 e. The Labute approximate surface area is 108 Å². The van der Waals surface area contributed by atoms with Gasteiger partial charge in [-0.25, -0.2) is 0 Å². The minimum absolute atomic E-state index is 0.0251. The maximum absolute atomic E-state index is 11.2. The summed E-state index contributed by atoms with van der Waals surface area (Å²) >= 11 is 0. The number of carbonyl (C=O) groups excluding carboxylic acids is 1. The van der Waals surface area contributed by atoms with Crippen molar-refractivity contribution in [2.75, 3.05) is 25.1 Å².